The number of hydrogen-bond donors (Lipinski definition) is 1. The molecule has 1 fully saturated rings. The summed E-state index contributed by atoms with van der Waals surface area (Å²) in [5.41, 5.74) is 9.03. The highest BCUT2D eigenvalue weighted by Gasteiger charge is 2.40. The number of benzene rings is 1. The van der Waals surface area contributed by atoms with Gasteiger partial charge in [-0.15, -0.1) is 0 Å². The zero-order chi connectivity index (χ0) is 16.0. The first kappa shape index (κ1) is 14.5. The van der Waals surface area contributed by atoms with Gasteiger partial charge in [0.1, 0.15) is 5.37 Å². The number of nitrogens with two attached hydrogens (primary N) is 1. The Morgan fingerprint density at radius 2 is 2.00 bits per heavy atom. The molecule has 0 saturated heterocycles. The van der Waals surface area contributed by atoms with Gasteiger partial charge in [0.05, 0.1) is 10.8 Å². The van der Waals surface area contributed by atoms with Gasteiger partial charge in [-0.1, -0.05) is 48.2 Å². The maximum absolute atomic E-state index is 12.7. The predicted octanol–water partition coefficient (Wildman–Crippen LogP) is 2.86. The number of rotatable bonds is 2. The van der Waals surface area contributed by atoms with E-state index in [1.54, 1.807) is 12.1 Å². The lowest BCUT2D eigenvalue weighted by atomic mass is 9.85. The number of carbonyl (C=O) groups excluding carboxylic acids is 2. The van der Waals surface area contributed by atoms with Crippen LogP contribution in [0.2, 0.25) is 0 Å². The standard InChI is InChI=1S/C18H16N2O2S/c19-15-12-9-11-13(7-4-8-14(11)21)20-18(12)23-17(15)16(22)10-5-2-1-3-6-10/h1-3,5-6,9,12,18H,4,7-8,19H2. The summed E-state index contributed by atoms with van der Waals surface area (Å²) in [6.45, 7) is 0. The van der Waals surface area contributed by atoms with Crippen LogP contribution in [-0.4, -0.2) is 22.7 Å². The van der Waals surface area contributed by atoms with Crippen LogP contribution in [0.1, 0.15) is 29.6 Å². The third kappa shape index (κ3) is 2.36. The van der Waals surface area contributed by atoms with E-state index in [2.05, 4.69) is 0 Å². The van der Waals surface area contributed by atoms with Crippen molar-refractivity contribution < 1.29 is 9.59 Å². The number of hydrogen-bond acceptors (Lipinski definition) is 5. The molecule has 1 saturated carbocycles. The molecule has 3 aliphatic rings. The van der Waals surface area contributed by atoms with Crippen LogP contribution >= 0.6 is 11.8 Å². The number of fused-ring (bicyclic) bond motifs is 2. The molecule has 2 N–H and O–H groups in total. The minimum Gasteiger partial charge on any atom is -0.400 e. The van der Waals surface area contributed by atoms with E-state index in [4.69, 9.17) is 10.7 Å². The number of dihydropyridines is 1. The van der Waals surface area contributed by atoms with Crippen molar-refractivity contribution in [2.75, 3.05) is 0 Å². The molecule has 23 heavy (non-hydrogen) atoms. The van der Waals surface area contributed by atoms with Crippen molar-refractivity contribution in [3.8, 4) is 0 Å². The molecular formula is C18H16N2O2S. The first-order valence-electron chi connectivity index (χ1n) is 7.73. The van der Waals surface area contributed by atoms with E-state index < -0.39 is 0 Å². The lowest BCUT2D eigenvalue weighted by Crippen LogP contribution is -2.29. The van der Waals surface area contributed by atoms with Crippen molar-refractivity contribution in [1.29, 1.82) is 0 Å². The Morgan fingerprint density at radius 1 is 1.22 bits per heavy atom. The van der Waals surface area contributed by atoms with Crippen molar-refractivity contribution in [3.05, 3.63) is 58.1 Å². The Kier molecular flexibility index (Phi) is 3.45. The van der Waals surface area contributed by atoms with Crippen LogP contribution in [0.5, 0.6) is 0 Å². The maximum atomic E-state index is 12.7. The maximum Gasteiger partial charge on any atom is 0.201 e. The second-order valence-electron chi connectivity index (χ2n) is 5.95. The third-order valence-corrected chi connectivity index (χ3v) is 5.76. The second-order valence-corrected chi connectivity index (χ2v) is 7.07. The molecule has 2 atom stereocenters. The normalized spacial score (nSPS) is 26.3. The van der Waals surface area contributed by atoms with Gasteiger partial charge in [-0.05, 0) is 12.8 Å². The van der Waals surface area contributed by atoms with Crippen LogP contribution in [0.4, 0.5) is 0 Å². The molecule has 0 bridgehead atoms. The van der Waals surface area contributed by atoms with E-state index in [0.717, 1.165) is 24.1 Å². The van der Waals surface area contributed by atoms with Gasteiger partial charge in [0.2, 0.25) is 5.78 Å². The van der Waals surface area contributed by atoms with Gasteiger partial charge in [-0.25, -0.2) is 0 Å². The lowest BCUT2D eigenvalue weighted by molar-refractivity contribution is -0.115. The highest BCUT2D eigenvalue weighted by atomic mass is 32.2. The molecule has 4 nitrogen and oxygen atoms in total. The molecule has 2 unspecified atom stereocenters. The number of nitrogens with zero attached hydrogens (tertiary/aromatic N) is 1. The predicted molar refractivity (Wildman–Crippen MR) is 91.2 cm³/mol. The lowest BCUT2D eigenvalue weighted by Gasteiger charge is -2.25. The summed E-state index contributed by atoms with van der Waals surface area (Å²) in [6.07, 6.45) is 4.20. The topological polar surface area (TPSA) is 72.5 Å². The van der Waals surface area contributed by atoms with Crippen LogP contribution in [0.3, 0.4) is 0 Å². The summed E-state index contributed by atoms with van der Waals surface area (Å²) in [7, 11) is 0. The highest BCUT2D eigenvalue weighted by molar-refractivity contribution is 8.04. The molecule has 5 heteroatoms. The summed E-state index contributed by atoms with van der Waals surface area (Å²) < 4.78 is 0. The van der Waals surface area contributed by atoms with Gasteiger partial charge < -0.3 is 5.73 Å². The highest BCUT2D eigenvalue weighted by Crippen LogP contribution is 2.46. The SMILES string of the molecule is NC1=C(C(=O)c2ccccc2)SC2N=C3CCCC(=O)C3=CC12. The molecule has 2 aliphatic heterocycles. The quantitative estimate of drug-likeness (QED) is 0.849. The molecule has 1 aromatic rings. The molecule has 1 aliphatic carbocycles. The van der Waals surface area contributed by atoms with Crippen LogP contribution < -0.4 is 5.73 Å². The van der Waals surface area contributed by atoms with Crippen molar-refractivity contribution in [2.24, 2.45) is 16.6 Å². The number of thioether (sulfide) groups is 1. The Bertz CT molecular complexity index is 792. The largest absolute Gasteiger partial charge is 0.400 e. The van der Waals surface area contributed by atoms with Gasteiger partial charge in [0.25, 0.3) is 0 Å². The van der Waals surface area contributed by atoms with Crippen molar-refractivity contribution in [2.45, 2.75) is 24.6 Å². The van der Waals surface area contributed by atoms with E-state index in [-0.39, 0.29) is 22.9 Å². The zero-order valence-corrected chi connectivity index (χ0v) is 13.3. The number of allylic oxidation sites excluding steroid dienone is 2. The first-order valence-corrected chi connectivity index (χ1v) is 8.61. The van der Waals surface area contributed by atoms with Crippen molar-refractivity contribution in [3.63, 3.8) is 0 Å². The zero-order valence-electron chi connectivity index (χ0n) is 12.5. The fourth-order valence-electron chi connectivity index (χ4n) is 3.25. The van der Waals surface area contributed by atoms with Gasteiger partial charge in [-0.3, -0.25) is 14.6 Å². The van der Waals surface area contributed by atoms with E-state index in [1.807, 2.05) is 24.3 Å². The third-order valence-electron chi connectivity index (χ3n) is 4.47. The molecule has 116 valence electrons. The average Bonchev–Trinajstić information content (AvgIpc) is 2.90. The summed E-state index contributed by atoms with van der Waals surface area (Å²) in [5.74, 6) is -0.0621. The Morgan fingerprint density at radius 3 is 2.78 bits per heavy atom. The number of Topliss-reactive ketones (excluding diaryl/α,β-unsaturated/α-hetero) is 2. The molecule has 4 rings (SSSR count). The molecule has 0 aromatic heterocycles. The summed E-state index contributed by atoms with van der Waals surface area (Å²) in [5, 5.41) is -0.109. The molecule has 1 aromatic carbocycles. The molecule has 2 heterocycles. The minimum atomic E-state index is -0.150. The minimum absolute atomic E-state index is 0.0598. The van der Waals surface area contributed by atoms with Crippen LogP contribution in [0.25, 0.3) is 0 Å². The van der Waals surface area contributed by atoms with E-state index in [0.29, 0.717) is 22.6 Å². The Hall–Kier alpha value is -2.14. The summed E-state index contributed by atoms with van der Waals surface area (Å²) in [4.78, 5) is 30.0. The number of carbonyl (C=O) groups is 2. The Balaban J connectivity index is 1.69. The number of aliphatic imine (C=N–C) groups is 1. The van der Waals surface area contributed by atoms with Gasteiger partial charge in [-0.2, -0.15) is 0 Å². The molecule has 0 spiro atoms. The summed E-state index contributed by atoms with van der Waals surface area (Å²) in [6, 6.07) is 9.14. The van der Waals surface area contributed by atoms with Gasteiger partial charge in [0, 0.05) is 29.0 Å². The molecule has 0 radical (unpaired) electrons. The second kappa shape index (κ2) is 5.49. The average molecular weight is 324 g/mol. The van der Waals surface area contributed by atoms with Crippen molar-refractivity contribution >= 4 is 29.0 Å². The Labute approximate surface area is 138 Å². The first-order chi connectivity index (χ1) is 11.1. The van der Waals surface area contributed by atoms with Crippen LogP contribution in [0.15, 0.2) is 57.6 Å². The number of ketones is 2. The van der Waals surface area contributed by atoms with E-state index in [1.165, 1.54) is 11.8 Å². The van der Waals surface area contributed by atoms with Crippen LogP contribution in [0, 0.1) is 5.92 Å². The summed E-state index contributed by atoms with van der Waals surface area (Å²) >= 11 is 1.42. The van der Waals surface area contributed by atoms with Gasteiger partial charge in [0.15, 0.2) is 5.78 Å². The monoisotopic (exact) mass is 324 g/mol. The molecular weight excluding hydrogens is 308 g/mol. The fourth-order valence-corrected chi connectivity index (χ4v) is 4.54. The molecule has 0 amide bonds. The van der Waals surface area contributed by atoms with Gasteiger partial charge >= 0.3 is 0 Å². The fraction of sp³-hybridized carbons (Fsp3) is 0.278. The van der Waals surface area contributed by atoms with E-state index in [9.17, 15) is 9.59 Å². The smallest absolute Gasteiger partial charge is 0.201 e. The van der Waals surface area contributed by atoms with Crippen LogP contribution in [-0.2, 0) is 4.79 Å². The van der Waals surface area contributed by atoms with Crippen molar-refractivity contribution in [1.82, 2.24) is 0 Å². The van der Waals surface area contributed by atoms with E-state index >= 15 is 0 Å².